The van der Waals surface area contributed by atoms with Crippen molar-refractivity contribution in [3.05, 3.63) is 54.9 Å². The number of pyridine rings is 1. The molecule has 6 heteroatoms. The summed E-state index contributed by atoms with van der Waals surface area (Å²) in [4.78, 5) is 12.2. The number of benzene rings is 1. The highest BCUT2D eigenvalue weighted by molar-refractivity contribution is 5.77. The van der Waals surface area contributed by atoms with Crippen molar-refractivity contribution in [1.29, 1.82) is 5.26 Å². The molecule has 1 aromatic carbocycles. The van der Waals surface area contributed by atoms with E-state index in [1.807, 2.05) is 53.6 Å². The average molecular weight is 307 g/mol. The van der Waals surface area contributed by atoms with E-state index in [2.05, 4.69) is 14.9 Å². The Balaban J connectivity index is 1.65. The Morgan fingerprint density at radius 3 is 2.39 bits per heavy atom. The molecular weight excluding hydrogens is 290 g/mol. The molecule has 0 saturated carbocycles. The van der Waals surface area contributed by atoms with E-state index in [4.69, 9.17) is 10.00 Å². The molecule has 0 atom stereocenters. The summed E-state index contributed by atoms with van der Waals surface area (Å²) < 4.78 is 5.76. The second kappa shape index (κ2) is 7.27. The molecule has 6 nitrogen and oxygen atoms in total. The number of piperazine rings is 1. The fourth-order valence-corrected chi connectivity index (χ4v) is 2.51. The number of nitriles is 1. The molecule has 0 amide bonds. The lowest BCUT2D eigenvalue weighted by Crippen LogP contribution is -2.50. The van der Waals surface area contributed by atoms with E-state index < -0.39 is 0 Å². The molecule has 0 N–H and O–H groups in total. The lowest BCUT2D eigenvalue weighted by molar-refractivity contribution is 0.321. The number of ether oxygens (including phenoxy) is 1. The van der Waals surface area contributed by atoms with Crippen LogP contribution in [0.5, 0.6) is 5.75 Å². The Morgan fingerprint density at radius 2 is 1.74 bits per heavy atom. The number of aliphatic imine (C=N–C) groups is 1. The van der Waals surface area contributed by atoms with Gasteiger partial charge in [0.15, 0.2) is 0 Å². The fourth-order valence-electron chi connectivity index (χ4n) is 2.51. The first kappa shape index (κ1) is 14.9. The summed E-state index contributed by atoms with van der Waals surface area (Å²) in [6, 6.07) is 13.7. The van der Waals surface area contributed by atoms with E-state index in [1.165, 1.54) is 0 Å². The highest BCUT2D eigenvalue weighted by atomic mass is 16.5. The minimum Gasteiger partial charge on any atom is -0.425 e. The molecule has 0 bridgehead atoms. The van der Waals surface area contributed by atoms with Gasteiger partial charge in [0.05, 0.1) is 0 Å². The first-order valence-corrected chi connectivity index (χ1v) is 7.46. The van der Waals surface area contributed by atoms with Crippen LogP contribution >= 0.6 is 0 Å². The maximum atomic E-state index is 8.91. The van der Waals surface area contributed by atoms with Crippen LogP contribution in [0.4, 0.5) is 5.69 Å². The Kier molecular flexibility index (Phi) is 4.69. The van der Waals surface area contributed by atoms with Gasteiger partial charge in [0.25, 0.3) is 0 Å². The molecule has 1 aromatic heterocycles. The van der Waals surface area contributed by atoms with Crippen molar-refractivity contribution in [2.75, 3.05) is 31.1 Å². The lowest BCUT2D eigenvalue weighted by atomic mass is 10.3. The summed E-state index contributed by atoms with van der Waals surface area (Å²) in [5, 5.41) is 8.91. The summed E-state index contributed by atoms with van der Waals surface area (Å²) in [7, 11) is 0. The molecular formula is C17H17N5O. The first-order chi connectivity index (χ1) is 11.4. The quantitative estimate of drug-likeness (QED) is 0.483. The molecule has 0 spiro atoms. The van der Waals surface area contributed by atoms with E-state index in [0.29, 0.717) is 11.8 Å². The smallest absolute Gasteiger partial charge is 0.308 e. The largest absolute Gasteiger partial charge is 0.425 e. The minimum atomic E-state index is 0.355. The van der Waals surface area contributed by atoms with Crippen LogP contribution in [0.2, 0.25) is 0 Å². The van der Waals surface area contributed by atoms with Gasteiger partial charge in [-0.1, -0.05) is 18.2 Å². The van der Waals surface area contributed by atoms with Crippen LogP contribution in [0.25, 0.3) is 0 Å². The molecule has 1 aliphatic heterocycles. The van der Waals surface area contributed by atoms with E-state index in [0.717, 1.165) is 31.9 Å². The van der Waals surface area contributed by atoms with E-state index in [-0.39, 0.29) is 0 Å². The van der Waals surface area contributed by atoms with Crippen LogP contribution in [-0.4, -0.2) is 42.1 Å². The highest BCUT2D eigenvalue weighted by Crippen LogP contribution is 2.16. The van der Waals surface area contributed by atoms with Crippen LogP contribution < -0.4 is 9.64 Å². The van der Waals surface area contributed by atoms with E-state index in [1.54, 1.807) is 12.4 Å². The zero-order valence-electron chi connectivity index (χ0n) is 12.7. The second-order valence-corrected chi connectivity index (χ2v) is 5.09. The summed E-state index contributed by atoms with van der Waals surface area (Å²) in [6.07, 6.45) is 5.42. The first-order valence-electron chi connectivity index (χ1n) is 7.46. The Bertz CT molecular complexity index is 688. The standard InChI is InChI=1S/C17H17N5O/c18-14-20-17(23-16-4-2-1-3-5-16)22-12-10-21(11-13-22)15-6-8-19-9-7-15/h1-9H,10-13H2. The number of hydrogen-bond donors (Lipinski definition) is 0. The maximum Gasteiger partial charge on any atom is 0.308 e. The molecule has 23 heavy (non-hydrogen) atoms. The van der Waals surface area contributed by atoms with Gasteiger partial charge in [-0.05, 0) is 24.3 Å². The van der Waals surface area contributed by atoms with Gasteiger partial charge in [0.1, 0.15) is 5.75 Å². The van der Waals surface area contributed by atoms with Crippen molar-refractivity contribution in [2.24, 2.45) is 4.99 Å². The third kappa shape index (κ3) is 3.77. The molecule has 0 unspecified atom stereocenters. The van der Waals surface area contributed by atoms with Crippen LogP contribution in [0.1, 0.15) is 0 Å². The lowest BCUT2D eigenvalue weighted by Gasteiger charge is -2.36. The molecule has 1 aliphatic rings. The number of hydrogen-bond acceptors (Lipinski definition) is 5. The van der Waals surface area contributed by atoms with Gasteiger partial charge >= 0.3 is 6.02 Å². The number of anilines is 1. The number of rotatable bonds is 2. The van der Waals surface area contributed by atoms with Crippen molar-refractivity contribution in [2.45, 2.75) is 0 Å². The maximum absolute atomic E-state index is 8.91. The fraction of sp³-hybridized carbons (Fsp3) is 0.235. The Morgan fingerprint density at radius 1 is 1.04 bits per heavy atom. The predicted molar refractivity (Wildman–Crippen MR) is 88.1 cm³/mol. The summed E-state index contributed by atoms with van der Waals surface area (Å²) in [6.45, 7) is 3.17. The van der Waals surface area contributed by atoms with Crippen molar-refractivity contribution >= 4 is 11.7 Å². The normalized spacial score (nSPS) is 15.2. The number of amidine groups is 1. The number of para-hydroxylation sites is 1. The van der Waals surface area contributed by atoms with Crippen LogP contribution in [0.15, 0.2) is 59.9 Å². The van der Waals surface area contributed by atoms with Gasteiger partial charge in [-0.2, -0.15) is 5.26 Å². The molecule has 116 valence electrons. The van der Waals surface area contributed by atoms with E-state index >= 15 is 0 Å². The zero-order valence-corrected chi connectivity index (χ0v) is 12.7. The zero-order chi connectivity index (χ0) is 15.9. The van der Waals surface area contributed by atoms with Crippen LogP contribution in [-0.2, 0) is 0 Å². The average Bonchev–Trinajstić information content (AvgIpc) is 2.63. The number of aromatic nitrogens is 1. The third-order valence-electron chi connectivity index (χ3n) is 3.68. The Labute approximate surface area is 135 Å². The molecule has 1 saturated heterocycles. The van der Waals surface area contributed by atoms with E-state index in [9.17, 15) is 0 Å². The highest BCUT2D eigenvalue weighted by Gasteiger charge is 2.21. The minimum absolute atomic E-state index is 0.355. The van der Waals surface area contributed by atoms with Crippen molar-refractivity contribution in [3.63, 3.8) is 0 Å². The monoisotopic (exact) mass is 307 g/mol. The Hall–Kier alpha value is -3.07. The third-order valence-corrected chi connectivity index (χ3v) is 3.68. The van der Waals surface area contributed by atoms with Gasteiger partial charge in [-0.25, -0.2) is 0 Å². The molecule has 1 fully saturated rings. The van der Waals surface area contributed by atoms with Crippen molar-refractivity contribution < 1.29 is 4.74 Å². The van der Waals surface area contributed by atoms with Gasteiger partial charge in [0.2, 0.25) is 6.19 Å². The van der Waals surface area contributed by atoms with Gasteiger partial charge in [-0.15, -0.1) is 4.99 Å². The van der Waals surface area contributed by atoms with Crippen LogP contribution in [0, 0.1) is 11.5 Å². The number of nitrogens with zero attached hydrogens (tertiary/aromatic N) is 5. The molecule has 0 aliphatic carbocycles. The SMILES string of the molecule is N#CN=C(Oc1ccccc1)N1CCN(c2ccncc2)CC1. The second-order valence-electron chi connectivity index (χ2n) is 5.09. The topological polar surface area (TPSA) is 64.8 Å². The van der Waals surface area contributed by atoms with Gasteiger partial charge in [0, 0.05) is 44.3 Å². The molecule has 2 aromatic rings. The molecule has 3 rings (SSSR count). The molecule has 2 heterocycles. The summed E-state index contributed by atoms with van der Waals surface area (Å²) >= 11 is 0. The summed E-state index contributed by atoms with van der Waals surface area (Å²) in [5.74, 6) is 0.679. The van der Waals surface area contributed by atoms with Crippen LogP contribution in [0.3, 0.4) is 0 Å². The predicted octanol–water partition coefficient (Wildman–Crippen LogP) is 2.12. The van der Waals surface area contributed by atoms with Gasteiger partial charge < -0.3 is 14.5 Å². The molecule has 0 radical (unpaired) electrons. The van der Waals surface area contributed by atoms with Crippen molar-refractivity contribution in [1.82, 2.24) is 9.88 Å². The van der Waals surface area contributed by atoms with Crippen molar-refractivity contribution in [3.8, 4) is 11.9 Å². The summed E-state index contributed by atoms with van der Waals surface area (Å²) in [5.41, 5.74) is 1.15. The van der Waals surface area contributed by atoms with Gasteiger partial charge in [-0.3, -0.25) is 4.98 Å².